The number of carboxylic acids is 1. The summed E-state index contributed by atoms with van der Waals surface area (Å²) in [5.41, 5.74) is 0. The lowest BCUT2D eigenvalue weighted by Crippen LogP contribution is -2.70. The summed E-state index contributed by atoms with van der Waals surface area (Å²) in [5, 5.41) is 136. The van der Waals surface area contributed by atoms with Crippen LogP contribution in [0.1, 0.15) is 233 Å². The van der Waals surface area contributed by atoms with Crippen molar-refractivity contribution in [1.82, 2.24) is 10.6 Å². The van der Waals surface area contributed by atoms with Crippen molar-refractivity contribution in [3.63, 3.8) is 0 Å². The van der Waals surface area contributed by atoms with Crippen LogP contribution in [0, 0.1) is 0 Å². The molecule has 3 heterocycles. The molecular weight excluding hydrogens is 1140 g/mol. The SMILES string of the molecule is CCCCCCCCC/C=C\CCCCCCCCCCCCC(=O)N[C@@H](CO[C@@H]1O[C@H](CO)[C@@H](O[C@@H]2O[C@H](CO)[C@H](O)[C@H](O[C@]3(C(=O)O)C[C@H](O)[C@@H](NC(C)=O)[C@@H]([C@H](O)[C@H](O)CO)O3)[C@H]2O)[C@H](O)[C@H]1O)[C@H](O)/C=C\CCCCCCCCCCCCC. The first kappa shape index (κ1) is 79.4. The van der Waals surface area contributed by atoms with Gasteiger partial charge in [-0.25, -0.2) is 4.79 Å². The Hall–Kier alpha value is -2.79. The van der Waals surface area contributed by atoms with Crippen LogP contribution in [0.25, 0.3) is 0 Å². The number of nitrogens with one attached hydrogen (secondary N) is 2. The standard InChI is InChI=1S/C65H118N2O21/c1-4-6-8-10-12-14-16-18-19-20-21-22-23-24-25-27-29-31-33-35-37-39-52(75)67-46(47(72)38-36-34-32-30-28-26-17-15-13-11-9-7-5-2)44-83-62-57(79)56(78)59(51(43-70)85-62)86-63-58(80)61(55(77)50(42-69)84-63)88-65(64(81)82)40-48(73)53(66-45(3)71)60(87-65)54(76)49(74)41-68/h19-20,36,38,46-51,53-63,68-70,72-74,76-80H,4-18,21-35,37,39-44H2,1-3H3,(H,66,71)(H,67,75)(H,81,82)/b20-19-,38-36-/t46-,47+,48-,49+,50+,51+,53+,54+,55-,56+,57+,58+,59+,60-,61-,62+,63-,65-/m0/s1. The zero-order valence-electron chi connectivity index (χ0n) is 53.3. The zero-order chi connectivity index (χ0) is 64.7. The summed E-state index contributed by atoms with van der Waals surface area (Å²) in [6, 6.07) is -2.62. The van der Waals surface area contributed by atoms with Crippen molar-refractivity contribution in [2.45, 2.75) is 342 Å². The number of hydrogen-bond donors (Lipinski definition) is 14. The molecule has 23 nitrogen and oxygen atoms in total. The maximum Gasteiger partial charge on any atom is 0.364 e. The van der Waals surface area contributed by atoms with Crippen molar-refractivity contribution in [1.29, 1.82) is 0 Å². The van der Waals surface area contributed by atoms with Crippen LogP contribution in [-0.4, -0.2) is 215 Å². The molecule has 88 heavy (non-hydrogen) atoms. The first-order valence-electron chi connectivity index (χ1n) is 33.7. The highest BCUT2D eigenvalue weighted by atomic mass is 16.8. The summed E-state index contributed by atoms with van der Waals surface area (Å²) in [6.45, 7) is 2.11. The first-order chi connectivity index (χ1) is 42.4. The van der Waals surface area contributed by atoms with Crippen molar-refractivity contribution in [2.75, 3.05) is 26.4 Å². The fourth-order valence-electron chi connectivity index (χ4n) is 11.7. The molecule has 514 valence electrons. The molecule has 0 spiro atoms. The van der Waals surface area contributed by atoms with Gasteiger partial charge in [0.25, 0.3) is 5.79 Å². The van der Waals surface area contributed by atoms with Crippen LogP contribution in [0.2, 0.25) is 0 Å². The van der Waals surface area contributed by atoms with Gasteiger partial charge in [0.15, 0.2) is 12.6 Å². The van der Waals surface area contributed by atoms with Crippen molar-refractivity contribution < 1.29 is 104 Å². The third-order valence-corrected chi connectivity index (χ3v) is 17.1. The normalized spacial score (nSPS) is 29.1. The predicted octanol–water partition coefficient (Wildman–Crippen LogP) is 5.28. The Morgan fingerprint density at radius 3 is 1.55 bits per heavy atom. The average Bonchev–Trinajstić information content (AvgIpc) is 0.825. The zero-order valence-corrected chi connectivity index (χ0v) is 53.3. The van der Waals surface area contributed by atoms with Gasteiger partial charge in [-0.3, -0.25) is 9.59 Å². The Kier molecular flexibility index (Phi) is 41.8. The molecule has 3 saturated heterocycles. The predicted molar refractivity (Wildman–Crippen MR) is 329 cm³/mol. The van der Waals surface area contributed by atoms with Crippen LogP contribution in [0.5, 0.6) is 0 Å². The number of amides is 2. The number of rotatable bonds is 50. The Morgan fingerprint density at radius 2 is 1.07 bits per heavy atom. The molecule has 2 amide bonds. The molecule has 3 rings (SSSR count). The van der Waals surface area contributed by atoms with Gasteiger partial charge in [0, 0.05) is 19.8 Å². The molecule has 0 aromatic rings. The van der Waals surface area contributed by atoms with Crippen LogP contribution in [0.4, 0.5) is 0 Å². The number of hydrogen-bond acceptors (Lipinski definition) is 20. The summed E-state index contributed by atoms with van der Waals surface area (Å²) in [5.74, 6) is -6.14. The second kappa shape index (κ2) is 46.3. The van der Waals surface area contributed by atoms with Gasteiger partial charge < -0.3 is 100 Å². The van der Waals surface area contributed by atoms with E-state index in [1.54, 1.807) is 6.08 Å². The van der Waals surface area contributed by atoms with Gasteiger partial charge in [-0.2, -0.15) is 0 Å². The van der Waals surface area contributed by atoms with E-state index in [-0.39, 0.29) is 12.3 Å². The molecule has 0 bridgehead atoms. The van der Waals surface area contributed by atoms with Crippen LogP contribution in [-0.2, 0) is 42.8 Å². The first-order valence-corrected chi connectivity index (χ1v) is 33.7. The molecule has 0 aliphatic carbocycles. The van der Waals surface area contributed by atoms with Gasteiger partial charge in [0.1, 0.15) is 67.1 Å². The summed E-state index contributed by atoms with van der Waals surface area (Å²) >= 11 is 0. The minimum atomic E-state index is -3.08. The topological polar surface area (TPSA) is 373 Å². The van der Waals surface area contributed by atoms with E-state index in [9.17, 15) is 75.7 Å². The Labute approximate surface area is 523 Å². The number of carbonyl (C=O) groups excluding carboxylic acids is 2. The lowest BCUT2D eigenvalue weighted by atomic mass is 9.88. The van der Waals surface area contributed by atoms with Crippen molar-refractivity contribution in [3.05, 3.63) is 24.3 Å². The van der Waals surface area contributed by atoms with Gasteiger partial charge >= 0.3 is 5.97 Å². The van der Waals surface area contributed by atoms with Crippen molar-refractivity contribution in [2.24, 2.45) is 0 Å². The second-order valence-corrected chi connectivity index (χ2v) is 24.7. The monoisotopic (exact) mass is 1260 g/mol. The maximum atomic E-state index is 13.4. The second-order valence-electron chi connectivity index (χ2n) is 24.7. The summed E-state index contributed by atoms with van der Waals surface area (Å²) < 4.78 is 34.7. The van der Waals surface area contributed by atoms with Crippen LogP contribution in [0.3, 0.4) is 0 Å². The highest BCUT2D eigenvalue weighted by Gasteiger charge is 2.60. The van der Waals surface area contributed by atoms with E-state index in [0.717, 1.165) is 58.3 Å². The molecular formula is C65H118N2O21. The molecule has 3 aliphatic rings. The van der Waals surface area contributed by atoms with Gasteiger partial charge in [-0.05, 0) is 44.9 Å². The summed E-state index contributed by atoms with van der Waals surface area (Å²) in [4.78, 5) is 38.5. The van der Waals surface area contributed by atoms with E-state index >= 15 is 0 Å². The summed E-state index contributed by atoms with van der Waals surface area (Å²) in [7, 11) is 0. The number of allylic oxidation sites excluding steroid dienone is 3. The van der Waals surface area contributed by atoms with Crippen LogP contribution >= 0.6 is 0 Å². The van der Waals surface area contributed by atoms with E-state index in [1.165, 1.54) is 135 Å². The Bertz CT molecular complexity index is 1890. The third kappa shape index (κ3) is 29.0. The quantitative estimate of drug-likeness (QED) is 0.0272. The van der Waals surface area contributed by atoms with E-state index < -0.39 is 155 Å². The molecule has 0 saturated carbocycles. The molecule has 14 N–H and O–H groups in total. The van der Waals surface area contributed by atoms with Crippen LogP contribution in [0.15, 0.2) is 24.3 Å². The Morgan fingerprint density at radius 1 is 0.591 bits per heavy atom. The van der Waals surface area contributed by atoms with Crippen LogP contribution < -0.4 is 10.6 Å². The summed E-state index contributed by atoms with van der Waals surface area (Å²) in [6.07, 6.45) is 15.1. The average molecular weight is 1260 g/mol. The largest absolute Gasteiger partial charge is 0.477 e. The van der Waals surface area contributed by atoms with E-state index in [0.29, 0.717) is 12.8 Å². The van der Waals surface area contributed by atoms with Crippen molar-refractivity contribution in [3.8, 4) is 0 Å². The number of unbranched alkanes of at least 4 members (excludes halogenated alkanes) is 28. The molecule has 0 aromatic heterocycles. The number of aliphatic hydroxyl groups excluding tert-OH is 11. The van der Waals surface area contributed by atoms with E-state index in [1.807, 2.05) is 6.08 Å². The van der Waals surface area contributed by atoms with Gasteiger partial charge in [0.05, 0.1) is 50.7 Å². The molecule has 3 fully saturated rings. The number of ether oxygens (including phenoxy) is 6. The number of carboxylic acid groups (broad SMARTS) is 1. The Balaban J connectivity index is 1.60. The molecule has 18 atom stereocenters. The molecule has 0 radical (unpaired) electrons. The molecule has 0 unspecified atom stereocenters. The highest BCUT2D eigenvalue weighted by molar-refractivity contribution is 5.77. The number of carbonyl (C=O) groups is 3. The smallest absolute Gasteiger partial charge is 0.364 e. The highest BCUT2D eigenvalue weighted by Crippen LogP contribution is 2.39. The minimum Gasteiger partial charge on any atom is -0.477 e. The maximum absolute atomic E-state index is 13.4. The van der Waals surface area contributed by atoms with E-state index in [2.05, 4.69) is 36.6 Å². The lowest BCUT2D eigenvalue weighted by molar-refractivity contribution is -0.386. The minimum absolute atomic E-state index is 0.199. The van der Waals surface area contributed by atoms with Gasteiger partial charge in [0.2, 0.25) is 11.8 Å². The number of aliphatic carboxylic acids is 1. The molecule has 3 aliphatic heterocycles. The van der Waals surface area contributed by atoms with E-state index in [4.69, 9.17) is 28.4 Å². The van der Waals surface area contributed by atoms with Gasteiger partial charge in [-0.15, -0.1) is 0 Å². The number of aliphatic hydroxyl groups is 11. The molecule has 0 aromatic carbocycles. The molecule has 23 heteroatoms. The fourth-order valence-corrected chi connectivity index (χ4v) is 11.7. The lowest BCUT2D eigenvalue weighted by Gasteiger charge is -2.50. The van der Waals surface area contributed by atoms with Crippen molar-refractivity contribution >= 4 is 17.8 Å². The third-order valence-electron chi connectivity index (χ3n) is 17.1. The fraction of sp³-hybridized carbons (Fsp3) is 0.892. The van der Waals surface area contributed by atoms with Gasteiger partial charge in [-0.1, -0.05) is 192 Å².